The van der Waals surface area contributed by atoms with Gasteiger partial charge in [-0.05, 0) is 36.6 Å². The number of carboxylic acids is 1. The molecule has 0 amide bonds. The first-order chi connectivity index (χ1) is 11.2. The van der Waals surface area contributed by atoms with Crippen LogP contribution in [0.5, 0.6) is 11.5 Å². The second-order valence-electron chi connectivity index (χ2n) is 5.70. The lowest BCUT2D eigenvalue weighted by atomic mass is 9.81. The average Bonchev–Trinajstić information content (AvgIpc) is 2.52. The summed E-state index contributed by atoms with van der Waals surface area (Å²) in [6.45, 7) is 0. The Morgan fingerprint density at radius 2 is 1.96 bits per heavy atom. The van der Waals surface area contributed by atoms with Crippen molar-refractivity contribution < 1.29 is 39.9 Å². The van der Waals surface area contributed by atoms with Gasteiger partial charge in [-0.15, -0.1) is 0 Å². The van der Waals surface area contributed by atoms with E-state index in [1.807, 2.05) is 0 Å². The van der Waals surface area contributed by atoms with Crippen molar-refractivity contribution in [3.8, 4) is 11.5 Å². The van der Waals surface area contributed by atoms with Crippen LogP contribution in [-0.2, 0) is 14.3 Å². The first kappa shape index (κ1) is 17.8. The van der Waals surface area contributed by atoms with Gasteiger partial charge in [-0.2, -0.15) is 0 Å². The van der Waals surface area contributed by atoms with Gasteiger partial charge in [-0.25, -0.2) is 9.59 Å². The molecule has 0 spiro atoms. The van der Waals surface area contributed by atoms with E-state index in [4.69, 9.17) is 9.84 Å². The van der Waals surface area contributed by atoms with Crippen molar-refractivity contribution in [1.82, 2.24) is 0 Å². The van der Waals surface area contributed by atoms with E-state index in [9.17, 15) is 30.0 Å². The third-order valence-corrected chi connectivity index (χ3v) is 3.90. The molecular formula is C16H18O8. The molecule has 1 aromatic rings. The maximum absolute atomic E-state index is 11.8. The van der Waals surface area contributed by atoms with Crippen LogP contribution in [0.4, 0.5) is 0 Å². The summed E-state index contributed by atoms with van der Waals surface area (Å²) < 4.78 is 5.01. The summed E-state index contributed by atoms with van der Waals surface area (Å²) in [4.78, 5) is 22.9. The molecule has 0 aromatic heterocycles. The number of esters is 1. The summed E-state index contributed by atoms with van der Waals surface area (Å²) in [6.07, 6.45) is -0.364. The van der Waals surface area contributed by atoms with Crippen LogP contribution in [0.3, 0.4) is 0 Å². The lowest BCUT2D eigenvalue weighted by Crippen LogP contribution is -2.50. The number of hydrogen-bond acceptors (Lipinski definition) is 7. The molecule has 1 fully saturated rings. The third-order valence-electron chi connectivity index (χ3n) is 3.90. The first-order valence-electron chi connectivity index (χ1n) is 7.26. The van der Waals surface area contributed by atoms with Crippen LogP contribution < -0.4 is 0 Å². The monoisotopic (exact) mass is 338 g/mol. The van der Waals surface area contributed by atoms with Crippen molar-refractivity contribution in [2.45, 2.75) is 37.1 Å². The Bertz CT molecular complexity index is 668. The lowest BCUT2D eigenvalue weighted by Gasteiger charge is -2.35. The van der Waals surface area contributed by atoms with E-state index in [1.54, 1.807) is 0 Å². The Balaban J connectivity index is 2.01. The molecule has 130 valence electrons. The number of rotatable bonds is 4. The number of benzene rings is 1. The average molecular weight is 338 g/mol. The smallest absolute Gasteiger partial charge is 0.335 e. The normalized spacial score (nSPS) is 27.1. The van der Waals surface area contributed by atoms with E-state index in [0.29, 0.717) is 5.56 Å². The number of carboxylic acid groups (broad SMARTS) is 1. The van der Waals surface area contributed by atoms with Gasteiger partial charge < -0.3 is 30.3 Å². The molecule has 1 aliphatic rings. The molecular weight excluding hydrogens is 320 g/mol. The molecule has 0 saturated heterocycles. The Kier molecular flexibility index (Phi) is 5.10. The maximum atomic E-state index is 11.8. The lowest BCUT2D eigenvalue weighted by molar-refractivity contribution is -0.180. The van der Waals surface area contributed by atoms with Crippen molar-refractivity contribution in [3.05, 3.63) is 29.8 Å². The molecule has 0 aliphatic heterocycles. The van der Waals surface area contributed by atoms with Crippen LogP contribution in [0.2, 0.25) is 0 Å². The Morgan fingerprint density at radius 3 is 2.58 bits per heavy atom. The fraction of sp³-hybridized carbons (Fsp3) is 0.375. The molecule has 1 saturated carbocycles. The SMILES string of the molecule is O=C(/C=C/c1ccc(O)c(O)c1)OC1CC(O)(C(=O)O)CCC1O. The highest BCUT2D eigenvalue weighted by atomic mass is 16.6. The largest absolute Gasteiger partial charge is 0.504 e. The van der Waals surface area contributed by atoms with Crippen molar-refractivity contribution in [3.63, 3.8) is 0 Å². The van der Waals surface area contributed by atoms with Crippen molar-refractivity contribution in [1.29, 1.82) is 0 Å². The van der Waals surface area contributed by atoms with Gasteiger partial charge in [-0.3, -0.25) is 0 Å². The molecule has 0 heterocycles. The van der Waals surface area contributed by atoms with E-state index in [1.165, 1.54) is 24.3 Å². The van der Waals surface area contributed by atoms with Crippen LogP contribution in [0.15, 0.2) is 24.3 Å². The second kappa shape index (κ2) is 6.90. The van der Waals surface area contributed by atoms with Gasteiger partial charge in [-0.1, -0.05) is 6.07 Å². The Morgan fingerprint density at radius 1 is 1.25 bits per heavy atom. The van der Waals surface area contributed by atoms with Crippen molar-refractivity contribution in [2.75, 3.05) is 0 Å². The molecule has 1 aromatic carbocycles. The number of aliphatic carboxylic acids is 1. The van der Waals surface area contributed by atoms with E-state index in [0.717, 1.165) is 6.08 Å². The van der Waals surface area contributed by atoms with Gasteiger partial charge in [0, 0.05) is 12.5 Å². The zero-order valence-corrected chi connectivity index (χ0v) is 12.6. The number of carbonyl (C=O) groups excluding carboxylic acids is 1. The molecule has 5 N–H and O–H groups in total. The summed E-state index contributed by atoms with van der Waals surface area (Å²) in [5.41, 5.74) is -1.61. The summed E-state index contributed by atoms with van der Waals surface area (Å²) in [5, 5.41) is 47.3. The van der Waals surface area contributed by atoms with Gasteiger partial charge in [0.2, 0.25) is 0 Å². The van der Waals surface area contributed by atoms with E-state index in [-0.39, 0.29) is 24.3 Å². The van der Waals surface area contributed by atoms with E-state index < -0.39 is 36.2 Å². The predicted octanol–water partition coefficient (Wildman–Crippen LogP) is 0.383. The summed E-state index contributed by atoms with van der Waals surface area (Å²) in [6, 6.07) is 3.94. The highest BCUT2D eigenvalue weighted by Gasteiger charge is 2.46. The van der Waals surface area contributed by atoms with Crippen molar-refractivity contribution in [2.24, 2.45) is 0 Å². The number of aromatic hydroxyl groups is 2. The summed E-state index contributed by atoms with van der Waals surface area (Å²) in [7, 11) is 0. The van der Waals surface area contributed by atoms with E-state index in [2.05, 4.69) is 0 Å². The predicted molar refractivity (Wildman–Crippen MR) is 81.1 cm³/mol. The van der Waals surface area contributed by atoms with Crippen LogP contribution in [0, 0.1) is 0 Å². The molecule has 2 rings (SSSR count). The first-order valence-corrected chi connectivity index (χ1v) is 7.26. The molecule has 0 radical (unpaired) electrons. The van der Waals surface area contributed by atoms with Crippen LogP contribution >= 0.6 is 0 Å². The van der Waals surface area contributed by atoms with Gasteiger partial charge in [0.25, 0.3) is 0 Å². The van der Waals surface area contributed by atoms with E-state index >= 15 is 0 Å². The number of phenolic OH excluding ortho intramolecular Hbond substituents is 2. The Labute approximate surface area is 137 Å². The molecule has 3 unspecified atom stereocenters. The van der Waals surface area contributed by atoms with Crippen molar-refractivity contribution >= 4 is 18.0 Å². The van der Waals surface area contributed by atoms with Gasteiger partial charge in [0.15, 0.2) is 17.1 Å². The molecule has 24 heavy (non-hydrogen) atoms. The minimum Gasteiger partial charge on any atom is -0.504 e. The van der Waals surface area contributed by atoms with Gasteiger partial charge in [0.05, 0.1) is 6.10 Å². The molecule has 8 heteroatoms. The number of aliphatic hydroxyl groups excluding tert-OH is 1. The highest BCUT2D eigenvalue weighted by Crippen LogP contribution is 2.31. The van der Waals surface area contributed by atoms with Crippen LogP contribution in [0.25, 0.3) is 6.08 Å². The zero-order valence-electron chi connectivity index (χ0n) is 12.6. The second-order valence-corrected chi connectivity index (χ2v) is 5.70. The zero-order chi connectivity index (χ0) is 17.9. The topological polar surface area (TPSA) is 145 Å². The fourth-order valence-electron chi connectivity index (χ4n) is 2.45. The summed E-state index contributed by atoms with van der Waals surface area (Å²) in [5.74, 6) is -2.90. The summed E-state index contributed by atoms with van der Waals surface area (Å²) >= 11 is 0. The minimum atomic E-state index is -2.03. The van der Waals surface area contributed by atoms with Gasteiger partial charge >= 0.3 is 11.9 Å². The number of carbonyl (C=O) groups is 2. The number of aliphatic hydroxyl groups is 2. The Hall–Kier alpha value is -2.58. The minimum absolute atomic E-state index is 0.00368. The molecule has 0 bridgehead atoms. The van der Waals surface area contributed by atoms with Gasteiger partial charge in [0.1, 0.15) is 6.10 Å². The number of ether oxygens (including phenoxy) is 1. The quantitative estimate of drug-likeness (QED) is 0.301. The molecule has 8 nitrogen and oxygen atoms in total. The fourth-order valence-corrected chi connectivity index (χ4v) is 2.45. The third kappa shape index (κ3) is 4.03. The van der Waals surface area contributed by atoms with Crippen LogP contribution in [0.1, 0.15) is 24.8 Å². The number of phenols is 2. The molecule has 1 aliphatic carbocycles. The number of hydrogen-bond donors (Lipinski definition) is 5. The van der Waals surface area contributed by atoms with Crippen LogP contribution in [-0.4, -0.2) is 55.3 Å². The molecule has 3 atom stereocenters. The highest BCUT2D eigenvalue weighted by molar-refractivity contribution is 5.87. The maximum Gasteiger partial charge on any atom is 0.335 e. The standard InChI is InChI=1S/C16H18O8/c17-10-3-1-9(7-12(10)19)2-4-14(20)24-13-8-16(23,15(21)22)6-5-11(13)18/h1-4,7,11,13,17-19,23H,5-6,8H2,(H,21,22)/b4-2+.